The summed E-state index contributed by atoms with van der Waals surface area (Å²) in [5.74, 6) is 0. The number of benzene rings is 1. The highest BCUT2D eigenvalue weighted by atomic mass is 32.2. The van der Waals surface area contributed by atoms with Crippen LogP contribution in [0.1, 0.15) is 5.01 Å². The molecule has 0 bridgehead atoms. The number of carboxylic acid groups (broad SMARTS) is 1. The predicted octanol–water partition coefficient (Wildman–Crippen LogP) is 3.78. The van der Waals surface area contributed by atoms with Gasteiger partial charge in [0.2, 0.25) is 0 Å². The summed E-state index contributed by atoms with van der Waals surface area (Å²) in [5, 5.41) is 11.6. The summed E-state index contributed by atoms with van der Waals surface area (Å²) in [6, 6.07) is 8.32. The molecule has 100 valence electrons. The molecule has 0 unspecified atom stereocenters. The predicted molar refractivity (Wildman–Crippen MR) is 79.3 cm³/mol. The van der Waals surface area contributed by atoms with Crippen molar-refractivity contribution in [2.45, 2.75) is 20.5 Å². The van der Waals surface area contributed by atoms with Gasteiger partial charge >= 0.3 is 6.09 Å². The minimum Gasteiger partial charge on any atom is -0.465 e. The average Bonchev–Trinajstić information content (AvgIpc) is 2.85. The third-order valence-electron chi connectivity index (χ3n) is 2.20. The molecule has 4 nitrogen and oxygen atoms in total. The van der Waals surface area contributed by atoms with Gasteiger partial charge in [-0.15, -0.1) is 23.1 Å². The highest BCUT2D eigenvalue weighted by Crippen LogP contribution is 2.32. The lowest BCUT2D eigenvalue weighted by molar-refractivity contribution is 0.194. The van der Waals surface area contributed by atoms with Gasteiger partial charge in [-0.25, -0.2) is 9.78 Å². The lowest BCUT2D eigenvalue weighted by Gasteiger charge is -1.99. The van der Waals surface area contributed by atoms with Crippen molar-refractivity contribution in [2.75, 3.05) is 6.26 Å². The van der Waals surface area contributed by atoms with Crippen molar-refractivity contribution in [1.29, 1.82) is 0 Å². The second kappa shape index (κ2) is 6.83. The Hall–Kier alpha value is -1.18. The summed E-state index contributed by atoms with van der Waals surface area (Å²) in [6.07, 6.45) is 2.79. The molecule has 0 aliphatic rings. The molecule has 0 atom stereocenters. The van der Waals surface area contributed by atoms with Gasteiger partial charge in [-0.05, 0) is 30.5 Å². The van der Waals surface area contributed by atoms with Crippen molar-refractivity contribution in [3.63, 3.8) is 0 Å². The number of nitrogens with zero attached hydrogens (tertiary/aromatic N) is 1. The molecular weight excluding hydrogens is 300 g/mol. The van der Waals surface area contributed by atoms with E-state index in [1.165, 1.54) is 16.2 Å². The Morgan fingerprint density at radius 3 is 2.68 bits per heavy atom. The minimum absolute atomic E-state index is 0.256. The van der Waals surface area contributed by atoms with Crippen LogP contribution in [0, 0.1) is 0 Å². The molecule has 19 heavy (non-hydrogen) atoms. The first kappa shape index (κ1) is 14.2. The lowest BCUT2D eigenvalue weighted by atomic mass is 10.4. The van der Waals surface area contributed by atoms with Crippen molar-refractivity contribution < 1.29 is 9.90 Å². The number of amides is 1. The number of thiazole rings is 1. The number of carbonyl (C=O) groups is 1. The molecule has 7 heteroatoms. The molecule has 0 aliphatic heterocycles. The largest absolute Gasteiger partial charge is 0.465 e. The number of nitrogens with one attached hydrogen (secondary N) is 1. The highest BCUT2D eigenvalue weighted by Gasteiger charge is 2.05. The first-order valence-corrected chi connectivity index (χ1v) is 8.26. The Bertz CT molecular complexity index is 554. The van der Waals surface area contributed by atoms with Crippen LogP contribution in [0.4, 0.5) is 4.79 Å². The lowest BCUT2D eigenvalue weighted by Crippen LogP contribution is -2.19. The highest BCUT2D eigenvalue weighted by molar-refractivity contribution is 8.01. The van der Waals surface area contributed by atoms with Gasteiger partial charge in [0.15, 0.2) is 0 Å². The fourth-order valence-electron chi connectivity index (χ4n) is 1.33. The van der Waals surface area contributed by atoms with Crippen LogP contribution in [0.25, 0.3) is 0 Å². The fourth-order valence-corrected chi connectivity index (χ4v) is 3.68. The molecule has 2 N–H and O–H groups in total. The van der Waals surface area contributed by atoms with E-state index in [1.807, 2.05) is 6.26 Å². The van der Waals surface area contributed by atoms with E-state index >= 15 is 0 Å². The topological polar surface area (TPSA) is 62.2 Å². The van der Waals surface area contributed by atoms with E-state index in [4.69, 9.17) is 5.11 Å². The Morgan fingerprint density at radius 2 is 2.05 bits per heavy atom. The van der Waals surface area contributed by atoms with E-state index in [9.17, 15) is 4.79 Å². The molecule has 1 heterocycles. The summed E-state index contributed by atoms with van der Waals surface area (Å²) >= 11 is 4.85. The van der Waals surface area contributed by atoms with Crippen LogP contribution in [0.2, 0.25) is 0 Å². The van der Waals surface area contributed by atoms with Crippen LogP contribution in [-0.4, -0.2) is 22.4 Å². The van der Waals surface area contributed by atoms with Crippen molar-refractivity contribution in [1.82, 2.24) is 10.3 Å². The summed E-state index contributed by atoms with van der Waals surface area (Å²) in [4.78, 5) is 17.0. The van der Waals surface area contributed by atoms with Crippen molar-refractivity contribution >= 4 is 41.0 Å². The molecule has 0 radical (unpaired) electrons. The van der Waals surface area contributed by atoms with Gasteiger partial charge in [-0.3, -0.25) is 0 Å². The molecule has 0 saturated carbocycles. The number of hydrogen-bond acceptors (Lipinski definition) is 5. The van der Waals surface area contributed by atoms with E-state index in [0.29, 0.717) is 0 Å². The van der Waals surface area contributed by atoms with Gasteiger partial charge in [-0.1, -0.05) is 11.8 Å². The molecule has 2 rings (SSSR count). The van der Waals surface area contributed by atoms with E-state index in [-0.39, 0.29) is 6.54 Å². The molecule has 0 aliphatic carbocycles. The van der Waals surface area contributed by atoms with Gasteiger partial charge in [0.25, 0.3) is 0 Å². The van der Waals surface area contributed by atoms with Crippen LogP contribution in [-0.2, 0) is 6.54 Å². The smallest absolute Gasteiger partial charge is 0.405 e. The van der Waals surface area contributed by atoms with Crippen molar-refractivity contribution in [3.8, 4) is 0 Å². The van der Waals surface area contributed by atoms with Crippen molar-refractivity contribution in [3.05, 3.63) is 35.5 Å². The summed E-state index contributed by atoms with van der Waals surface area (Å²) in [5.41, 5.74) is 0. The SMILES string of the molecule is CSc1ccc(Sc2cnc(CNC(=O)O)s2)cc1. The van der Waals surface area contributed by atoms with Gasteiger partial charge in [0.05, 0.1) is 17.0 Å². The van der Waals surface area contributed by atoms with E-state index in [0.717, 1.165) is 14.1 Å². The Morgan fingerprint density at radius 1 is 1.37 bits per heavy atom. The number of hydrogen-bond donors (Lipinski definition) is 2. The third-order valence-corrected chi connectivity index (χ3v) is 5.05. The Labute approximate surface area is 123 Å². The maximum atomic E-state index is 10.4. The fraction of sp³-hybridized carbons (Fsp3) is 0.167. The standard InChI is InChI=1S/C12H12N2O2S3/c1-17-8-2-4-9(5-3-8)18-11-7-13-10(19-11)6-14-12(15)16/h2-5,7,14H,6H2,1H3,(H,15,16). The summed E-state index contributed by atoms with van der Waals surface area (Å²) in [7, 11) is 0. The van der Waals surface area contributed by atoms with Gasteiger partial charge < -0.3 is 10.4 Å². The van der Waals surface area contributed by atoms with Crippen LogP contribution in [0.15, 0.2) is 44.5 Å². The Kier molecular flexibility index (Phi) is 5.12. The number of aromatic nitrogens is 1. The molecular formula is C12H12N2O2S3. The van der Waals surface area contributed by atoms with Gasteiger partial charge in [-0.2, -0.15) is 0 Å². The van der Waals surface area contributed by atoms with Crippen molar-refractivity contribution in [2.24, 2.45) is 0 Å². The van der Waals surface area contributed by atoms with Crippen LogP contribution in [0.3, 0.4) is 0 Å². The number of rotatable bonds is 5. The van der Waals surface area contributed by atoms with Gasteiger partial charge in [0.1, 0.15) is 5.01 Å². The van der Waals surface area contributed by atoms with Crippen LogP contribution >= 0.6 is 34.9 Å². The quantitative estimate of drug-likeness (QED) is 0.823. The molecule has 1 amide bonds. The molecule has 0 saturated heterocycles. The second-order valence-corrected chi connectivity index (χ2v) is 6.88. The van der Waals surface area contributed by atoms with E-state index < -0.39 is 6.09 Å². The monoisotopic (exact) mass is 312 g/mol. The normalized spacial score (nSPS) is 10.4. The summed E-state index contributed by atoms with van der Waals surface area (Å²) < 4.78 is 1.05. The first-order valence-electron chi connectivity index (χ1n) is 5.41. The van der Waals surface area contributed by atoms with E-state index in [2.05, 4.69) is 34.6 Å². The Balaban J connectivity index is 1.96. The molecule has 0 spiro atoms. The molecule has 1 aromatic carbocycles. The maximum absolute atomic E-state index is 10.4. The molecule has 2 aromatic rings. The van der Waals surface area contributed by atoms with E-state index in [1.54, 1.807) is 29.7 Å². The zero-order chi connectivity index (χ0) is 13.7. The van der Waals surface area contributed by atoms with Gasteiger partial charge in [0, 0.05) is 9.79 Å². The van der Waals surface area contributed by atoms with Crippen LogP contribution < -0.4 is 5.32 Å². The zero-order valence-electron chi connectivity index (χ0n) is 10.1. The van der Waals surface area contributed by atoms with Crippen LogP contribution in [0.5, 0.6) is 0 Å². The maximum Gasteiger partial charge on any atom is 0.405 e. The zero-order valence-corrected chi connectivity index (χ0v) is 12.6. The number of thioether (sulfide) groups is 1. The minimum atomic E-state index is -1.03. The second-order valence-electron chi connectivity index (χ2n) is 3.51. The molecule has 1 aromatic heterocycles. The third kappa shape index (κ3) is 4.45. The average molecular weight is 312 g/mol. The first-order chi connectivity index (χ1) is 9.17. The summed E-state index contributed by atoms with van der Waals surface area (Å²) in [6.45, 7) is 0.256. The molecule has 0 fully saturated rings.